The monoisotopic (exact) mass is 392 g/mol. The van der Waals surface area contributed by atoms with E-state index in [4.69, 9.17) is 0 Å². The maximum absolute atomic E-state index is 12.2. The van der Waals surface area contributed by atoms with Crippen LogP contribution in [0.25, 0.3) is 26.7 Å². The summed E-state index contributed by atoms with van der Waals surface area (Å²) in [7, 11) is 0. The number of rotatable bonds is 4. The lowest BCUT2D eigenvalue weighted by atomic mass is 10.2. The Morgan fingerprint density at radius 3 is 2.67 bits per heavy atom. The fourth-order valence-electron chi connectivity index (χ4n) is 2.57. The van der Waals surface area contributed by atoms with E-state index in [0.717, 1.165) is 14.6 Å². The molecule has 0 aliphatic rings. The minimum atomic E-state index is -0.352. The normalized spacial score (nSPS) is 12.1. The van der Waals surface area contributed by atoms with Gasteiger partial charge in [-0.1, -0.05) is 36.0 Å². The average Bonchev–Trinajstić information content (AvgIpc) is 3.10. The van der Waals surface area contributed by atoms with Crippen molar-refractivity contribution in [2.75, 3.05) is 5.75 Å². The molecule has 0 amide bonds. The Morgan fingerprint density at radius 2 is 1.89 bits per heavy atom. The molecule has 0 radical (unpaired) electrons. The highest BCUT2D eigenvalue weighted by Crippen LogP contribution is 2.31. The molecule has 0 saturated heterocycles. The van der Waals surface area contributed by atoms with Gasteiger partial charge in [0, 0.05) is 0 Å². The number of nitrogens with one attached hydrogen (secondary N) is 1. The number of H-pyrrole nitrogens is 1. The van der Waals surface area contributed by atoms with Crippen molar-refractivity contribution in [3.8, 4) is 6.07 Å². The molecule has 2 N–H and O–H groups in total. The van der Waals surface area contributed by atoms with E-state index in [0.29, 0.717) is 10.9 Å². The van der Waals surface area contributed by atoms with Crippen LogP contribution < -0.4 is 5.56 Å². The number of aromatic amines is 1. The van der Waals surface area contributed by atoms with Gasteiger partial charge in [-0.25, -0.2) is 9.97 Å². The Hall–Kier alpha value is -3.15. The maximum Gasteiger partial charge on any atom is 0.259 e. The fraction of sp³-hybridized carbons (Fsp3) is 0.0526. The van der Waals surface area contributed by atoms with Gasteiger partial charge >= 0.3 is 0 Å². The summed E-state index contributed by atoms with van der Waals surface area (Å²) in [6.07, 6.45) is 0. The van der Waals surface area contributed by atoms with E-state index in [-0.39, 0.29) is 28.5 Å². The Balaban J connectivity index is 1.65. The van der Waals surface area contributed by atoms with Gasteiger partial charge in [-0.05, 0) is 24.3 Å². The van der Waals surface area contributed by atoms with E-state index < -0.39 is 0 Å². The van der Waals surface area contributed by atoms with Crippen molar-refractivity contribution in [3.05, 3.63) is 70.5 Å². The molecule has 2 heterocycles. The number of nitriles is 1. The Kier molecular flexibility index (Phi) is 4.62. The van der Waals surface area contributed by atoms with Crippen molar-refractivity contribution in [2.24, 2.45) is 0 Å². The lowest BCUT2D eigenvalue weighted by molar-refractivity contribution is 0.420. The number of thiazole rings is 1. The predicted molar refractivity (Wildman–Crippen MR) is 108 cm³/mol. The molecule has 132 valence electrons. The molecule has 4 rings (SSSR count). The zero-order valence-corrected chi connectivity index (χ0v) is 15.5. The molecule has 0 aliphatic carbocycles. The van der Waals surface area contributed by atoms with Crippen molar-refractivity contribution in [1.82, 2.24) is 15.0 Å². The smallest absolute Gasteiger partial charge is 0.259 e. The third-order valence-corrected chi connectivity index (χ3v) is 6.05. The van der Waals surface area contributed by atoms with Gasteiger partial charge in [0.2, 0.25) is 0 Å². The van der Waals surface area contributed by atoms with Crippen LogP contribution >= 0.6 is 23.1 Å². The second-order valence-corrected chi connectivity index (χ2v) is 7.85. The van der Waals surface area contributed by atoms with Crippen LogP contribution in [0, 0.1) is 11.3 Å². The first-order valence-electron chi connectivity index (χ1n) is 7.96. The zero-order valence-electron chi connectivity index (χ0n) is 13.8. The molecular weight excluding hydrogens is 380 g/mol. The fourth-order valence-corrected chi connectivity index (χ4v) is 4.52. The third kappa shape index (κ3) is 3.43. The van der Waals surface area contributed by atoms with Crippen molar-refractivity contribution < 1.29 is 5.11 Å². The van der Waals surface area contributed by atoms with Crippen LogP contribution in [-0.4, -0.2) is 25.8 Å². The number of aliphatic hydroxyl groups excluding tert-OH is 1. The molecule has 0 aliphatic heterocycles. The van der Waals surface area contributed by atoms with Crippen molar-refractivity contribution in [1.29, 1.82) is 5.26 Å². The second-order valence-electron chi connectivity index (χ2n) is 5.60. The zero-order chi connectivity index (χ0) is 18.8. The second kappa shape index (κ2) is 7.23. The summed E-state index contributed by atoms with van der Waals surface area (Å²) < 4.78 is 1.85. The first-order chi connectivity index (χ1) is 13.2. The predicted octanol–water partition coefficient (Wildman–Crippen LogP) is 4.12. The van der Waals surface area contributed by atoms with Gasteiger partial charge in [0.15, 0.2) is 10.2 Å². The standard InChI is InChI=1S/C19H12N4O2S2/c20-9-12(17-21-13-6-2-1-5-11(13)18(25)23-17)15(24)10-26-19-22-14-7-3-4-8-16(14)27-19/h1-8,24H,10H2,(H,21,23,25). The van der Waals surface area contributed by atoms with Crippen LogP contribution in [0.3, 0.4) is 0 Å². The number of fused-ring (bicyclic) bond motifs is 2. The molecule has 0 bridgehead atoms. The molecule has 27 heavy (non-hydrogen) atoms. The Labute approximate surface area is 161 Å². The number of hydrogen-bond acceptors (Lipinski definition) is 7. The molecule has 4 aromatic rings. The van der Waals surface area contributed by atoms with Gasteiger partial charge in [-0.3, -0.25) is 4.79 Å². The molecule has 0 saturated carbocycles. The summed E-state index contributed by atoms with van der Waals surface area (Å²) in [5.41, 5.74) is 0.964. The number of aliphatic hydroxyl groups is 1. The third-order valence-electron chi connectivity index (χ3n) is 3.86. The van der Waals surface area contributed by atoms with Gasteiger partial charge in [0.25, 0.3) is 5.56 Å². The molecule has 0 fully saturated rings. The SMILES string of the molecule is N#CC(=C(O)CSc1nc2ccccc2s1)c1nc2ccccc2c(=O)[nH]1. The summed E-state index contributed by atoms with van der Waals surface area (Å²) in [6, 6.07) is 16.6. The first kappa shape index (κ1) is 17.3. The number of allylic oxidation sites excluding steroid dienone is 1. The minimum Gasteiger partial charge on any atom is -0.510 e. The lowest BCUT2D eigenvalue weighted by Gasteiger charge is -2.04. The van der Waals surface area contributed by atoms with Crippen LogP contribution in [0.4, 0.5) is 0 Å². The van der Waals surface area contributed by atoms with Crippen molar-refractivity contribution in [3.63, 3.8) is 0 Å². The van der Waals surface area contributed by atoms with Crippen LogP contribution in [0.2, 0.25) is 0 Å². The maximum atomic E-state index is 12.2. The molecule has 0 unspecified atom stereocenters. The number of benzene rings is 2. The van der Waals surface area contributed by atoms with Gasteiger partial charge < -0.3 is 10.1 Å². The number of para-hydroxylation sites is 2. The molecule has 6 nitrogen and oxygen atoms in total. The van der Waals surface area contributed by atoms with Gasteiger partial charge in [0.05, 0.1) is 26.9 Å². The first-order valence-corrected chi connectivity index (χ1v) is 9.76. The molecular formula is C19H12N4O2S2. The van der Waals surface area contributed by atoms with Gasteiger partial charge in [0.1, 0.15) is 17.4 Å². The highest BCUT2D eigenvalue weighted by Gasteiger charge is 2.14. The van der Waals surface area contributed by atoms with Gasteiger partial charge in [-0.15, -0.1) is 11.3 Å². The van der Waals surface area contributed by atoms with Crippen molar-refractivity contribution >= 4 is 49.8 Å². The summed E-state index contributed by atoms with van der Waals surface area (Å²) in [4.78, 5) is 23.6. The summed E-state index contributed by atoms with van der Waals surface area (Å²) in [5, 5.41) is 20.3. The summed E-state index contributed by atoms with van der Waals surface area (Å²) in [6.45, 7) is 0. The van der Waals surface area contributed by atoms with Gasteiger partial charge in [-0.2, -0.15) is 5.26 Å². The highest BCUT2D eigenvalue weighted by atomic mass is 32.2. The van der Waals surface area contributed by atoms with E-state index in [1.165, 1.54) is 23.1 Å². The average molecular weight is 392 g/mol. The number of thioether (sulfide) groups is 1. The lowest BCUT2D eigenvalue weighted by Crippen LogP contribution is -2.12. The van der Waals surface area contributed by atoms with E-state index in [9.17, 15) is 15.2 Å². The van der Waals surface area contributed by atoms with Crippen LogP contribution in [0.1, 0.15) is 5.82 Å². The largest absolute Gasteiger partial charge is 0.510 e. The Bertz CT molecular complexity index is 1250. The van der Waals surface area contributed by atoms with Crippen LogP contribution in [-0.2, 0) is 0 Å². The molecule has 8 heteroatoms. The van der Waals surface area contributed by atoms with E-state index in [1.807, 2.05) is 30.3 Å². The number of hydrogen-bond donors (Lipinski definition) is 2. The molecule has 2 aromatic carbocycles. The van der Waals surface area contributed by atoms with E-state index in [1.54, 1.807) is 24.3 Å². The minimum absolute atomic E-state index is 0.0496. The quantitative estimate of drug-likeness (QED) is 0.308. The van der Waals surface area contributed by atoms with Crippen LogP contribution in [0.5, 0.6) is 0 Å². The molecule has 2 aromatic heterocycles. The van der Waals surface area contributed by atoms with E-state index >= 15 is 0 Å². The molecule has 0 atom stereocenters. The summed E-state index contributed by atoms with van der Waals surface area (Å²) in [5.74, 6) is 0.0583. The highest BCUT2D eigenvalue weighted by molar-refractivity contribution is 8.01. The van der Waals surface area contributed by atoms with Crippen molar-refractivity contribution in [2.45, 2.75) is 4.34 Å². The number of aromatic nitrogens is 3. The summed E-state index contributed by atoms with van der Waals surface area (Å²) >= 11 is 2.85. The Morgan fingerprint density at radius 1 is 1.15 bits per heavy atom. The number of nitrogens with zero attached hydrogens (tertiary/aromatic N) is 3. The molecule has 0 spiro atoms. The topological polar surface area (TPSA) is 103 Å². The van der Waals surface area contributed by atoms with E-state index in [2.05, 4.69) is 15.0 Å². The van der Waals surface area contributed by atoms with Crippen LogP contribution in [0.15, 0.2) is 63.4 Å².